The molecule has 0 aromatic carbocycles. The van der Waals surface area contributed by atoms with Gasteiger partial charge in [0, 0.05) is 5.92 Å². The molecule has 0 bridgehead atoms. The molecule has 10 nitrogen and oxygen atoms in total. The molecular formula is C14H18FN5O5. The first-order valence-corrected chi connectivity index (χ1v) is 7.69. The van der Waals surface area contributed by atoms with Crippen LogP contribution in [-0.4, -0.2) is 60.6 Å². The maximum atomic E-state index is 13.9. The van der Waals surface area contributed by atoms with E-state index in [1.54, 1.807) is 13.8 Å². The van der Waals surface area contributed by atoms with Crippen LogP contribution in [0.3, 0.4) is 0 Å². The monoisotopic (exact) mass is 355 g/mol. The quantitative estimate of drug-likeness (QED) is 0.568. The van der Waals surface area contributed by atoms with Gasteiger partial charge in [-0.1, -0.05) is 13.8 Å². The molecule has 2 aromatic rings. The largest absolute Gasteiger partial charge is 0.394 e. The van der Waals surface area contributed by atoms with E-state index in [0.29, 0.717) is 0 Å². The number of aromatic amines is 1. The zero-order valence-electron chi connectivity index (χ0n) is 13.5. The molecule has 11 heteroatoms. The van der Waals surface area contributed by atoms with Crippen LogP contribution in [0.25, 0.3) is 11.2 Å². The Balaban J connectivity index is 2.01. The average Bonchev–Trinajstić information content (AvgIpc) is 3.10. The molecule has 1 aliphatic heterocycles. The highest BCUT2D eigenvalue weighted by Crippen LogP contribution is 2.32. The van der Waals surface area contributed by atoms with Crippen LogP contribution in [0.5, 0.6) is 0 Å². The SMILES string of the molecule is CC(C)C(=O)Nc1nc2c(ncn2[C@@H]2OC(CO)[C@@H](F)[C@@H]2O)c(=O)[nH]1. The molecule has 0 saturated carbocycles. The fraction of sp³-hybridized carbons (Fsp3) is 0.571. The number of hydrogen-bond donors (Lipinski definition) is 4. The summed E-state index contributed by atoms with van der Waals surface area (Å²) >= 11 is 0. The van der Waals surface area contributed by atoms with Gasteiger partial charge in [-0.15, -0.1) is 0 Å². The van der Waals surface area contributed by atoms with Crippen molar-refractivity contribution >= 4 is 23.0 Å². The van der Waals surface area contributed by atoms with Crippen molar-refractivity contribution in [1.29, 1.82) is 0 Å². The van der Waals surface area contributed by atoms with Crippen molar-refractivity contribution in [2.24, 2.45) is 5.92 Å². The summed E-state index contributed by atoms with van der Waals surface area (Å²) in [5.74, 6) is -0.778. The number of nitrogens with zero attached hydrogens (tertiary/aromatic N) is 3. The van der Waals surface area contributed by atoms with Crippen LogP contribution < -0.4 is 10.9 Å². The lowest BCUT2D eigenvalue weighted by molar-refractivity contribution is -0.118. The number of hydrogen-bond acceptors (Lipinski definition) is 7. The van der Waals surface area contributed by atoms with Crippen molar-refractivity contribution in [1.82, 2.24) is 19.5 Å². The number of ether oxygens (including phenoxy) is 1. The number of halogens is 1. The minimum Gasteiger partial charge on any atom is -0.394 e. The topological polar surface area (TPSA) is 142 Å². The van der Waals surface area contributed by atoms with Gasteiger partial charge in [0.25, 0.3) is 5.56 Å². The number of carbonyl (C=O) groups is 1. The predicted octanol–water partition coefficient (Wildman–Crippen LogP) is -0.697. The van der Waals surface area contributed by atoms with Crippen molar-refractivity contribution in [2.75, 3.05) is 11.9 Å². The van der Waals surface area contributed by atoms with Crippen molar-refractivity contribution in [3.05, 3.63) is 16.7 Å². The first kappa shape index (κ1) is 17.5. The van der Waals surface area contributed by atoms with E-state index < -0.39 is 36.8 Å². The summed E-state index contributed by atoms with van der Waals surface area (Å²) in [6.45, 7) is 2.75. The number of anilines is 1. The Kier molecular flexibility index (Phi) is 4.54. The van der Waals surface area contributed by atoms with E-state index in [1.165, 1.54) is 10.9 Å². The molecule has 1 unspecified atom stereocenters. The van der Waals surface area contributed by atoms with Crippen molar-refractivity contribution < 1.29 is 24.1 Å². The number of fused-ring (bicyclic) bond motifs is 1. The molecule has 25 heavy (non-hydrogen) atoms. The summed E-state index contributed by atoms with van der Waals surface area (Å²) in [7, 11) is 0. The number of nitrogens with one attached hydrogen (secondary N) is 2. The lowest BCUT2D eigenvalue weighted by Gasteiger charge is -2.16. The summed E-state index contributed by atoms with van der Waals surface area (Å²) in [5.41, 5.74) is -0.648. The van der Waals surface area contributed by atoms with Gasteiger partial charge in [-0.05, 0) is 0 Å². The maximum Gasteiger partial charge on any atom is 0.280 e. The average molecular weight is 355 g/mol. The molecule has 1 saturated heterocycles. The molecule has 4 atom stereocenters. The Labute approximate surface area is 140 Å². The van der Waals surface area contributed by atoms with Crippen molar-refractivity contribution in [3.8, 4) is 0 Å². The Bertz CT molecular complexity index is 850. The third-order valence-electron chi connectivity index (χ3n) is 3.94. The molecule has 2 aromatic heterocycles. The van der Waals surface area contributed by atoms with Gasteiger partial charge < -0.3 is 14.9 Å². The van der Waals surface area contributed by atoms with Crippen LogP contribution in [0.1, 0.15) is 20.1 Å². The minimum atomic E-state index is -1.80. The number of aliphatic hydroxyl groups is 2. The molecule has 0 spiro atoms. The summed E-state index contributed by atoms with van der Waals surface area (Å²) in [6.07, 6.45) is -4.58. The van der Waals surface area contributed by atoms with Gasteiger partial charge in [-0.25, -0.2) is 9.37 Å². The van der Waals surface area contributed by atoms with Crippen LogP contribution >= 0.6 is 0 Å². The fourth-order valence-electron chi connectivity index (χ4n) is 2.52. The Morgan fingerprint density at radius 2 is 2.28 bits per heavy atom. The van der Waals surface area contributed by atoms with Crippen molar-refractivity contribution in [2.45, 2.75) is 38.5 Å². The number of carbonyl (C=O) groups excluding carboxylic acids is 1. The molecule has 4 N–H and O–H groups in total. The number of aliphatic hydroxyl groups excluding tert-OH is 2. The normalized spacial score (nSPS) is 26.5. The smallest absolute Gasteiger partial charge is 0.280 e. The summed E-state index contributed by atoms with van der Waals surface area (Å²) < 4.78 is 20.4. The van der Waals surface area contributed by atoms with Gasteiger partial charge in [-0.3, -0.25) is 24.5 Å². The first-order valence-electron chi connectivity index (χ1n) is 7.69. The third-order valence-corrected chi connectivity index (χ3v) is 3.94. The zero-order chi connectivity index (χ0) is 18.3. The third kappa shape index (κ3) is 3.01. The molecule has 136 valence electrons. The van der Waals surface area contributed by atoms with Crippen LogP contribution in [-0.2, 0) is 9.53 Å². The highest BCUT2D eigenvalue weighted by atomic mass is 19.1. The van der Waals surface area contributed by atoms with E-state index in [1.807, 2.05) is 0 Å². The molecular weight excluding hydrogens is 337 g/mol. The number of H-pyrrole nitrogens is 1. The van der Waals surface area contributed by atoms with Crippen LogP contribution in [0, 0.1) is 5.92 Å². The highest BCUT2D eigenvalue weighted by Gasteiger charge is 2.45. The van der Waals surface area contributed by atoms with Crippen molar-refractivity contribution in [3.63, 3.8) is 0 Å². The summed E-state index contributed by atoms with van der Waals surface area (Å²) in [4.78, 5) is 34.3. The minimum absolute atomic E-state index is 0.0117. The summed E-state index contributed by atoms with van der Waals surface area (Å²) in [6, 6.07) is 0. The van der Waals surface area contributed by atoms with Crippen LogP contribution in [0.4, 0.5) is 10.3 Å². The fourth-order valence-corrected chi connectivity index (χ4v) is 2.52. The molecule has 0 radical (unpaired) electrons. The van der Waals surface area contributed by atoms with E-state index in [4.69, 9.17) is 9.84 Å². The zero-order valence-corrected chi connectivity index (χ0v) is 13.5. The second-order valence-corrected chi connectivity index (χ2v) is 6.07. The van der Waals surface area contributed by atoms with Gasteiger partial charge in [0.1, 0.15) is 12.2 Å². The number of imidazole rings is 1. The molecule has 0 aliphatic carbocycles. The van der Waals surface area contributed by atoms with Gasteiger partial charge in [-0.2, -0.15) is 4.98 Å². The number of amides is 1. The maximum absolute atomic E-state index is 13.9. The van der Waals surface area contributed by atoms with E-state index in [-0.39, 0.29) is 28.9 Å². The van der Waals surface area contributed by atoms with Crippen LogP contribution in [0.2, 0.25) is 0 Å². The molecule has 3 rings (SSSR count). The van der Waals surface area contributed by atoms with E-state index in [0.717, 1.165) is 0 Å². The second kappa shape index (κ2) is 6.50. The van der Waals surface area contributed by atoms with Gasteiger partial charge in [0.2, 0.25) is 11.9 Å². The Morgan fingerprint density at radius 1 is 1.56 bits per heavy atom. The Morgan fingerprint density at radius 3 is 2.88 bits per heavy atom. The number of alkyl halides is 1. The standard InChI is InChI=1S/C14H18FN5O5/c1-5(2)11(23)18-14-17-10-8(12(24)19-14)16-4-20(10)13-9(22)7(15)6(3-21)25-13/h4-7,9,13,21-22H,3H2,1-2H3,(H2,17,18,19,23,24)/t6?,7-,9+,13-/m1/s1. The molecule has 1 fully saturated rings. The van der Waals surface area contributed by atoms with E-state index in [2.05, 4.69) is 20.3 Å². The molecule has 3 heterocycles. The number of rotatable bonds is 4. The summed E-state index contributed by atoms with van der Waals surface area (Å²) in [5, 5.41) is 21.6. The van der Waals surface area contributed by atoms with Gasteiger partial charge >= 0.3 is 0 Å². The van der Waals surface area contributed by atoms with Gasteiger partial charge in [0.05, 0.1) is 12.9 Å². The second-order valence-electron chi connectivity index (χ2n) is 6.07. The first-order chi connectivity index (χ1) is 11.8. The highest BCUT2D eigenvalue weighted by molar-refractivity contribution is 5.91. The Hall–Kier alpha value is -2.37. The van der Waals surface area contributed by atoms with E-state index >= 15 is 0 Å². The van der Waals surface area contributed by atoms with Gasteiger partial charge in [0.15, 0.2) is 23.6 Å². The number of aromatic nitrogens is 4. The molecule has 1 amide bonds. The molecule has 1 aliphatic rings. The lowest BCUT2D eigenvalue weighted by Crippen LogP contribution is -2.29. The van der Waals surface area contributed by atoms with E-state index in [9.17, 15) is 19.1 Å². The predicted molar refractivity (Wildman–Crippen MR) is 83.5 cm³/mol. The van der Waals surface area contributed by atoms with Crippen LogP contribution in [0.15, 0.2) is 11.1 Å². The lowest BCUT2D eigenvalue weighted by atomic mass is 10.1.